The number of thiazole rings is 1. The van der Waals surface area contributed by atoms with Gasteiger partial charge in [0, 0.05) is 47.9 Å². The topological polar surface area (TPSA) is 113 Å². The van der Waals surface area contributed by atoms with Gasteiger partial charge in [-0.3, -0.25) is 14.7 Å². The Hall–Kier alpha value is -2.86. The molecule has 2 fully saturated rings. The normalized spacial score (nSPS) is 25.9. The number of carbonyl (C=O) groups excluding carboxylic acids is 1. The van der Waals surface area contributed by atoms with Gasteiger partial charge in [0.25, 0.3) is 0 Å². The molecule has 3 aliphatic heterocycles. The van der Waals surface area contributed by atoms with Crippen molar-refractivity contribution >= 4 is 40.7 Å². The summed E-state index contributed by atoms with van der Waals surface area (Å²) in [5, 5.41) is 14.9. The molecule has 36 heavy (non-hydrogen) atoms. The molecule has 3 aliphatic rings. The molecule has 2 bridgehead atoms. The van der Waals surface area contributed by atoms with E-state index >= 15 is 0 Å². The van der Waals surface area contributed by atoms with E-state index in [2.05, 4.69) is 15.2 Å². The minimum Gasteiger partial charge on any atom is -0.481 e. The second-order valence-electron chi connectivity index (χ2n) is 8.89. The molecule has 4 heterocycles. The van der Waals surface area contributed by atoms with E-state index in [0.717, 1.165) is 0 Å². The standard InChI is InChI=1S/C24H24ClFN4O5S/c1-34-24(33)19-16(9-30-13-7-12(8-18(31)32)17(30)11-35-10-13)28-22(23-27-5-6-36-23)29-21(19)14-3-2-4-15(26)20(14)25/h2-6,12-13,17,21H,7-11H2,1H3,(H,28,29)(H,31,32)/t12-,13+,17+,21-/m0/s1. The summed E-state index contributed by atoms with van der Waals surface area (Å²) in [7, 11) is 1.28. The van der Waals surface area contributed by atoms with E-state index in [-0.39, 0.29) is 35.0 Å². The number of aliphatic imine (C=N–C) groups is 1. The van der Waals surface area contributed by atoms with Crippen molar-refractivity contribution in [3.05, 3.63) is 62.5 Å². The number of halogens is 2. The summed E-state index contributed by atoms with van der Waals surface area (Å²) in [6.45, 7) is 1.18. The Morgan fingerprint density at radius 3 is 2.94 bits per heavy atom. The number of nitrogens with zero attached hydrogens (tertiary/aromatic N) is 3. The number of amidine groups is 1. The van der Waals surface area contributed by atoms with Gasteiger partial charge >= 0.3 is 11.9 Å². The summed E-state index contributed by atoms with van der Waals surface area (Å²) in [5.74, 6) is -1.72. The fourth-order valence-electron chi connectivity index (χ4n) is 5.25. The van der Waals surface area contributed by atoms with Crippen molar-refractivity contribution in [2.45, 2.75) is 31.0 Å². The van der Waals surface area contributed by atoms with Gasteiger partial charge in [-0.15, -0.1) is 11.3 Å². The molecule has 0 amide bonds. The molecule has 5 rings (SSSR count). The zero-order chi connectivity index (χ0) is 25.4. The van der Waals surface area contributed by atoms with Crippen LogP contribution in [0.15, 0.2) is 46.0 Å². The van der Waals surface area contributed by atoms with Crippen molar-refractivity contribution in [1.82, 2.24) is 15.2 Å². The summed E-state index contributed by atoms with van der Waals surface area (Å²) < 4.78 is 25.3. The van der Waals surface area contributed by atoms with Gasteiger partial charge in [-0.25, -0.2) is 14.2 Å². The first-order chi connectivity index (χ1) is 17.4. The number of carboxylic acids is 1. The molecule has 0 radical (unpaired) electrons. The second-order valence-corrected chi connectivity index (χ2v) is 10.2. The quantitative estimate of drug-likeness (QED) is 0.521. The van der Waals surface area contributed by atoms with Crippen molar-refractivity contribution < 1.29 is 28.6 Å². The van der Waals surface area contributed by atoms with Crippen molar-refractivity contribution in [3.63, 3.8) is 0 Å². The second kappa shape index (κ2) is 10.3. The fraction of sp³-hybridized carbons (Fsp3) is 0.417. The van der Waals surface area contributed by atoms with Crippen molar-refractivity contribution in [1.29, 1.82) is 0 Å². The van der Waals surface area contributed by atoms with Crippen LogP contribution in [0.1, 0.15) is 29.5 Å². The number of hydrogen-bond acceptors (Lipinski definition) is 9. The Morgan fingerprint density at radius 1 is 1.39 bits per heavy atom. The Bertz CT molecular complexity index is 1240. The summed E-state index contributed by atoms with van der Waals surface area (Å²) in [5.41, 5.74) is 1.07. The predicted molar refractivity (Wildman–Crippen MR) is 130 cm³/mol. The minimum atomic E-state index is -0.927. The number of aliphatic carboxylic acids is 1. The fourth-order valence-corrected chi connectivity index (χ4v) is 6.07. The number of morpholine rings is 1. The molecule has 2 N–H and O–H groups in total. The van der Waals surface area contributed by atoms with Crippen LogP contribution in [-0.2, 0) is 19.1 Å². The lowest BCUT2D eigenvalue weighted by molar-refractivity contribution is -0.138. The highest BCUT2D eigenvalue weighted by Crippen LogP contribution is 2.40. The maximum absolute atomic E-state index is 14.4. The maximum Gasteiger partial charge on any atom is 0.338 e. The molecule has 0 aliphatic carbocycles. The first kappa shape index (κ1) is 24.8. The number of aromatic nitrogens is 1. The molecule has 4 atom stereocenters. The number of ether oxygens (including phenoxy) is 2. The Kier molecular flexibility index (Phi) is 7.07. The number of nitrogens with one attached hydrogen (secondary N) is 1. The average molecular weight is 535 g/mol. The Labute approximate surface area is 215 Å². The van der Waals surface area contributed by atoms with Gasteiger partial charge in [0.2, 0.25) is 0 Å². The molecule has 0 spiro atoms. The van der Waals surface area contributed by atoms with E-state index in [1.54, 1.807) is 12.3 Å². The highest BCUT2D eigenvalue weighted by Gasteiger charge is 2.46. The summed E-state index contributed by atoms with van der Waals surface area (Å²) in [6.07, 6.45) is 2.38. The van der Waals surface area contributed by atoms with Crippen LogP contribution in [0.5, 0.6) is 0 Å². The average Bonchev–Trinajstić information content (AvgIpc) is 3.44. The largest absolute Gasteiger partial charge is 0.481 e. The molecule has 9 nitrogen and oxygen atoms in total. The number of esters is 1. The zero-order valence-electron chi connectivity index (χ0n) is 19.3. The van der Waals surface area contributed by atoms with Gasteiger partial charge in [-0.2, -0.15) is 0 Å². The highest BCUT2D eigenvalue weighted by molar-refractivity contribution is 7.11. The highest BCUT2D eigenvalue weighted by atomic mass is 35.5. The lowest BCUT2D eigenvalue weighted by atomic mass is 9.94. The summed E-state index contributed by atoms with van der Waals surface area (Å²) in [4.78, 5) is 35.8. The van der Waals surface area contributed by atoms with Crippen LogP contribution in [0, 0.1) is 11.7 Å². The van der Waals surface area contributed by atoms with E-state index in [4.69, 9.17) is 26.1 Å². The van der Waals surface area contributed by atoms with Crippen LogP contribution in [-0.4, -0.2) is 71.7 Å². The monoisotopic (exact) mass is 534 g/mol. The Balaban J connectivity index is 1.58. The van der Waals surface area contributed by atoms with E-state index in [0.29, 0.717) is 48.3 Å². The van der Waals surface area contributed by atoms with Crippen LogP contribution in [0.2, 0.25) is 5.02 Å². The number of hydrogen-bond donors (Lipinski definition) is 2. The molecule has 0 saturated carbocycles. The summed E-state index contributed by atoms with van der Waals surface area (Å²) >= 11 is 7.71. The van der Waals surface area contributed by atoms with Gasteiger partial charge in [0.1, 0.15) is 11.9 Å². The van der Waals surface area contributed by atoms with Crippen molar-refractivity contribution in [2.75, 3.05) is 26.9 Å². The van der Waals surface area contributed by atoms with Crippen LogP contribution in [0.3, 0.4) is 0 Å². The number of carbonyl (C=O) groups is 2. The van der Waals surface area contributed by atoms with Gasteiger partial charge in [-0.1, -0.05) is 23.7 Å². The minimum absolute atomic E-state index is 0.000294. The third-order valence-corrected chi connectivity index (χ3v) is 8.01. The van der Waals surface area contributed by atoms with Crippen molar-refractivity contribution in [3.8, 4) is 0 Å². The molecule has 2 aromatic rings. The molecule has 190 valence electrons. The zero-order valence-corrected chi connectivity index (χ0v) is 20.9. The van der Waals surface area contributed by atoms with Gasteiger partial charge in [-0.05, 0) is 18.4 Å². The molecule has 1 aromatic carbocycles. The van der Waals surface area contributed by atoms with Crippen LogP contribution >= 0.6 is 22.9 Å². The molecular formula is C24H24ClFN4O5S. The Morgan fingerprint density at radius 2 is 2.22 bits per heavy atom. The van der Waals surface area contributed by atoms with E-state index < -0.39 is 23.8 Å². The van der Waals surface area contributed by atoms with Gasteiger partial charge < -0.3 is 19.9 Å². The molecular weight excluding hydrogens is 511 g/mol. The summed E-state index contributed by atoms with van der Waals surface area (Å²) in [6, 6.07) is 3.35. The SMILES string of the molecule is COC(=O)C1=C(CN2[C@H]3COC[C@@H]2[C@H](CC(=O)O)C3)NC(c2nccs2)=N[C@H]1c1cccc(F)c1Cl. The molecule has 2 saturated heterocycles. The van der Waals surface area contributed by atoms with E-state index in [9.17, 15) is 19.1 Å². The molecule has 1 aromatic heterocycles. The smallest absolute Gasteiger partial charge is 0.338 e. The molecule has 0 unspecified atom stereocenters. The first-order valence-electron chi connectivity index (χ1n) is 11.4. The van der Waals surface area contributed by atoms with Crippen LogP contribution < -0.4 is 5.32 Å². The van der Waals surface area contributed by atoms with Crippen molar-refractivity contribution in [2.24, 2.45) is 10.9 Å². The predicted octanol–water partition coefficient (Wildman–Crippen LogP) is 3.02. The third-order valence-electron chi connectivity index (χ3n) is 6.83. The van der Waals surface area contributed by atoms with E-state index in [1.165, 1.54) is 30.6 Å². The van der Waals surface area contributed by atoms with Crippen LogP contribution in [0.4, 0.5) is 4.39 Å². The van der Waals surface area contributed by atoms with Gasteiger partial charge in [0.15, 0.2) is 10.8 Å². The molecule has 12 heteroatoms. The number of rotatable bonds is 7. The van der Waals surface area contributed by atoms with E-state index in [1.807, 2.05) is 5.38 Å². The maximum atomic E-state index is 14.4. The number of methoxy groups -OCH3 is 1. The van der Waals surface area contributed by atoms with Crippen LogP contribution in [0.25, 0.3) is 0 Å². The number of fused-ring (bicyclic) bond motifs is 2. The number of carboxylic acid groups (broad SMARTS) is 1. The van der Waals surface area contributed by atoms with Gasteiger partial charge in [0.05, 0.1) is 30.9 Å². The number of benzene rings is 1. The lowest BCUT2D eigenvalue weighted by Crippen LogP contribution is -2.50. The lowest BCUT2D eigenvalue weighted by Gasteiger charge is -2.37. The third kappa shape index (κ3) is 4.63. The first-order valence-corrected chi connectivity index (χ1v) is 12.7.